The zero-order valence-corrected chi connectivity index (χ0v) is 13.6. The molecule has 2 amide bonds. The largest absolute Gasteiger partial charge is 0.348 e. The van der Waals surface area contributed by atoms with E-state index in [9.17, 15) is 4.79 Å². The van der Waals surface area contributed by atoms with E-state index in [0.29, 0.717) is 25.0 Å². The fraction of sp³-hybridized carbons (Fsp3) is 0.824. The zero-order chi connectivity index (χ0) is 15.4. The first kappa shape index (κ1) is 15.8. The number of allylic oxidation sites excluding steroid dienone is 2. The van der Waals surface area contributed by atoms with Crippen molar-refractivity contribution in [3.05, 3.63) is 12.2 Å². The Labute approximate surface area is 133 Å². The van der Waals surface area contributed by atoms with Crippen LogP contribution in [0.2, 0.25) is 0 Å². The minimum Gasteiger partial charge on any atom is -0.348 e. The normalized spacial score (nSPS) is 28.8. The van der Waals surface area contributed by atoms with Gasteiger partial charge in [-0.3, -0.25) is 0 Å². The van der Waals surface area contributed by atoms with Crippen molar-refractivity contribution in [2.24, 2.45) is 11.8 Å². The van der Waals surface area contributed by atoms with Crippen LogP contribution in [0.3, 0.4) is 0 Å². The summed E-state index contributed by atoms with van der Waals surface area (Å²) >= 11 is 0. The van der Waals surface area contributed by atoms with Crippen LogP contribution in [-0.4, -0.2) is 49.6 Å². The molecular weight excluding hydrogens is 280 g/mol. The number of nitrogens with zero attached hydrogens (tertiary/aromatic N) is 1. The third-order valence-corrected chi connectivity index (χ3v) is 5.30. The van der Waals surface area contributed by atoms with E-state index < -0.39 is 5.79 Å². The van der Waals surface area contributed by atoms with Gasteiger partial charge in [0.15, 0.2) is 5.79 Å². The van der Waals surface area contributed by atoms with E-state index >= 15 is 0 Å². The first-order chi connectivity index (χ1) is 10.7. The first-order valence-electron chi connectivity index (χ1n) is 8.63. The van der Waals surface area contributed by atoms with Crippen LogP contribution in [-0.2, 0) is 9.47 Å². The smallest absolute Gasteiger partial charge is 0.317 e. The topological polar surface area (TPSA) is 50.8 Å². The van der Waals surface area contributed by atoms with Gasteiger partial charge in [0.25, 0.3) is 0 Å². The van der Waals surface area contributed by atoms with Crippen LogP contribution in [0.25, 0.3) is 0 Å². The van der Waals surface area contributed by atoms with E-state index in [1.54, 1.807) is 0 Å². The number of carbonyl (C=O) groups is 1. The number of piperidine rings is 1. The van der Waals surface area contributed by atoms with Gasteiger partial charge in [-0.2, -0.15) is 0 Å². The summed E-state index contributed by atoms with van der Waals surface area (Å²) in [6.07, 6.45) is 9.79. The van der Waals surface area contributed by atoms with Gasteiger partial charge in [-0.1, -0.05) is 12.2 Å². The quantitative estimate of drug-likeness (QED) is 0.815. The Kier molecular flexibility index (Phi) is 5.03. The lowest BCUT2D eigenvalue weighted by molar-refractivity contribution is -0.189. The molecule has 5 nitrogen and oxygen atoms in total. The maximum absolute atomic E-state index is 12.3. The van der Waals surface area contributed by atoms with Crippen molar-refractivity contribution in [3.8, 4) is 0 Å². The van der Waals surface area contributed by atoms with Gasteiger partial charge in [-0.15, -0.1) is 0 Å². The highest BCUT2D eigenvalue weighted by atomic mass is 16.7. The monoisotopic (exact) mass is 308 g/mol. The summed E-state index contributed by atoms with van der Waals surface area (Å²) in [6, 6.07) is 0.0893. The molecule has 0 radical (unpaired) electrons. The summed E-state index contributed by atoms with van der Waals surface area (Å²) in [6.45, 7) is 5.80. The molecule has 0 aromatic heterocycles. The molecule has 2 saturated heterocycles. The standard InChI is InChI=1S/C17H28N2O3/c1-17(21-11-12-22-17)15-7-9-19(10-8-15)16(20)18-13-14-5-3-2-4-6-14/h2-3,14-15H,4-13H2,1H3,(H,18,20)/t14-/m1/s1. The molecule has 2 aliphatic heterocycles. The van der Waals surface area contributed by atoms with E-state index in [2.05, 4.69) is 17.5 Å². The summed E-state index contributed by atoms with van der Waals surface area (Å²) in [7, 11) is 0. The Hall–Kier alpha value is -1.07. The molecule has 0 bridgehead atoms. The number of carbonyl (C=O) groups excluding carboxylic acids is 1. The number of hydrogen-bond acceptors (Lipinski definition) is 3. The van der Waals surface area contributed by atoms with Gasteiger partial charge in [0.05, 0.1) is 13.2 Å². The second-order valence-corrected chi connectivity index (χ2v) is 6.81. The van der Waals surface area contributed by atoms with Crippen molar-refractivity contribution >= 4 is 6.03 Å². The predicted molar refractivity (Wildman–Crippen MR) is 84.5 cm³/mol. The van der Waals surface area contributed by atoms with Gasteiger partial charge in [0.1, 0.15) is 0 Å². The van der Waals surface area contributed by atoms with Crippen molar-refractivity contribution in [2.45, 2.75) is 44.8 Å². The van der Waals surface area contributed by atoms with Gasteiger partial charge in [0.2, 0.25) is 0 Å². The molecule has 22 heavy (non-hydrogen) atoms. The summed E-state index contributed by atoms with van der Waals surface area (Å²) in [5.74, 6) is 0.560. The Balaban J connectivity index is 1.40. The predicted octanol–water partition coefficient (Wildman–Crippen LogP) is 2.53. The Morgan fingerprint density at radius 1 is 1.23 bits per heavy atom. The molecule has 2 heterocycles. The van der Waals surface area contributed by atoms with Crippen LogP contribution in [0.1, 0.15) is 39.0 Å². The van der Waals surface area contributed by atoms with Gasteiger partial charge in [-0.05, 0) is 44.9 Å². The number of likely N-dealkylation sites (tertiary alicyclic amines) is 1. The van der Waals surface area contributed by atoms with Crippen molar-refractivity contribution < 1.29 is 14.3 Å². The van der Waals surface area contributed by atoms with E-state index in [1.807, 2.05) is 11.8 Å². The molecule has 0 saturated carbocycles. The van der Waals surface area contributed by atoms with Gasteiger partial charge in [-0.25, -0.2) is 4.79 Å². The summed E-state index contributed by atoms with van der Waals surface area (Å²) in [4.78, 5) is 14.2. The van der Waals surface area contributed by atoms with Crippen LogP contribution >= 0.6 is 0 Å². The zero-order valence-electron chi connectivity index (χ0n) is 13.6. The highest BCUT2D eigenvalue weighted by Gasteiger charge is 2.41. The second-order valence-electron chi connectivity index (χ2n) is 6.81. The van der Waals surface area contributed by atoms with Crippen LogP contribution in [0, 0.1) is 11.8 Å². The van der Waals surface area contributed by atoms with Gasteiger partial charge in [0, 0.05) is 25.6 Å². The summed E-state index contributed by atoms with van der Waals surface area (Å²) in [5, 5.41) is 3.11. The molecule has 124 valence electrons. The lowest BCUT2D eigenvalue weighted by atomic mass is 9.89. The third kappa shape index (κ3) is 3.63. The van der Waals surface area contributed by atoms with Crippen LogP contribution < -0.4 is 5.32 Å². The minimum atomic E-state index is -0.434. The first-order valence-corrected chi connectivity index (χ1v) is 8.63. The fourth-order valence-electron chi connectivity index (χ4n) is 3.76. The van der Waals surface area contributed by atoms with E-state index in [0.717, 1.165) is 45.3 Å². The molecule has 3 aliphatic rings. The molecule has 0 unspecified atom stereocenters. The Morgan fingerprint density at radius 3 is 2.59 bits per heavy atom. The molecule has 0 spiro atoms. The Morgan fingerprint density at radius 2 is 1.95 bits per heavy atom. The number of nitrogens with one attached hydrogen (secondary N) is 1. The lowest BCUT2D eigenvalue weighted by Crippen LogP contribution is -2.49. The van der Waals surface area contributed by atoms with E-state index in [4.69, 9.17) is 9.47 Å². The molecule has 1 aliphatic carbocycles. The molecular formula is C17H28N2O3. The number of hydrogen-bond donors (Lipinski definition) is 1. The highest BCUT2D eigenvalue weighted by molar-refractivity contribution is 5.74. The van der Waals surface area contributed by atoms with Crippen LogP contribution in [0.15, 0.2) is 12.2 Å². The van der Waals surface area contributed by atoms with Crippen LogP contribution in [0.4, 0.5) is 4.79 Å². The molecule has 3 rings (SSSR count). The number of rotatable bonds is 3. The fourth-order valence-corrected chi connectivity index (χ4v) is 3.76. The maximum atomic E-state index is 12.3. The van der Waals surface area contributed by atoms with Crippen molar-refractivity contribution in [3.63, 3.8) is 0 Å². The second kappa shape index (κ2) is 7.01. The Bertz CT molecular complexity index is 410. The molecule has 2 fully saturated rings. The molecule has 1 N–H and O–H groups in total. The molecule has 0 aromatic carbocycles. The van der Waals surface area contributed by atoms with E-state index in [-0.39, 0.29) is 6.03 Å². The molecule has 5 heteroatoms. The summed E-state index contributed by atoms with van der Waals surface area (Å²) < 4.78 is 11.5. The minimum absolute atomic E-state index is 0.0893. The van der Waals surface area contributed by atoms with E-state index in [1.165, 1.54) is 6.42 Å². The average Bonchev–Trinajstić information content (AvgIpc) is 3.02. The maximum Gasteiger partial charge on any atom is 0.317 e. The summed E-state index contributed by atoms with van der Waals surface area (Å²) in [5.41, 5.74) is 0. The average molecular weight is 308 g/mol. The number of urea groups is 1. The van der Waals surface area contributed by atoms with Crippen molar-refractivity contribution in [2.75, 3.05) is 32.8 Å². The van der Waals surface area contributed by atoms with Gasteiger partial charge >= 0.3 is 6.03 Å². The lowest BCUT2D eigenvalue weighted by Gasteiger charge is -2.39. The third-order valence-electron chi connectivity index (χ3n) is 5.30. The van der Waals surface area contributed by atoms with Crippen LogP contribution in [0.5, 0.6) is 0 Å². The van der Waals surface area contributed by atoms with Crippen molar-refractivity contribution in [1.82, 2.24) is 10.2 Å². The number of ether oxygens (including phenoxy) is 2. The highest BCUT2D eigenvalue weighted by Crippen LogP contribution is 2.34. The van der Waals surface area contributed by atoms with Gasteiger partial charge < -0.3 is 19.7 Å². The molecule has 1 atom stereocenters. The van der Waals surface area contributed by atoms with Crippen molar-refractivity contribution in [1.29, 1.82) is 0 Å². The molecule has 0 aromatic rings. The number of amides is 2. The SMILES string of the molecule is CC1(C2CCN(C(=O)NC[C@@H]3CC=CCC3)CC2)OCCO1.